The molecule has 0 aliphatic rings. The molecular formula is C24H25N3O4S2. The van der Waals surface area contributed by atoms with Crippen molar-refractivity contribution in [1.82, 2.24) is 5.32 Å². The van der Waals surface area contributed by atoms with Crippen molar-refractivity contribution in [2.45, 2.75) is 25.7 Å². The van der Waals surface area contributed by atoms with Gasteiger partial charge in [-0.15, -0.1) is 0 Å². The second kappa shape index (κ2) is 10.5. The Balaban J connectivity index is 1.61. The van der Waals surface area contributed by atoms with Crippen molar-refractivity contribution in [2.75, 3.05) is 16.6 Å². The molecule has 0 bridgehead atoms. The highest BCUT2D eigenvalue weighted by Crippen LogP contribution is 2.22. The predicted molar refractivity (Wildman–Crippen MR) is 134 cm³/mol. The number of carbonyl (C=O) groups is 1. The van der Waals surface area contributed by atoms with Gasteiger partial charge in [0.25, 0.3) is 15.9 Å². The summed E-state index contributed by atoms with van der Waals surface area (Å²) in [5.41, 5.74) is 3.39. The highest BCUT2D eigenvalue weighted by atomic mass is 32.2. The molecule has 0 aliphatic heterocycles. The second-order valence-electron chi connectivity index (χ2n) is 7.31. The van der Waals surface area contributed by atoms with E-state index >= 15 is 0 Å². The molecule has 3 aromatic carbocycles. The van der Waals surface area contributed by atoms with Gasteiger partial charge < -0.3 is 10.1 Å². The summed E-state index contributed by atoms with van der Waals surface area (Å²) >= 11 is 5.20. The van der Waals surface area contributed by atoms with Crippen molar-refractivity contribution >= 4 is 44.6 Å². The maximum atomic E-state index is 12.7. The minimum absolute atomic E-state index is 0.0953. The maximum Gasteiger partial charge on any atom is 0.261 e. The minimum atomic E-state index is -3.75. The first kappa shape index (κ1) is 24.2. The third-order valence-electron chi connectivity index (χ3n) is 4.70. The first-order valence-corrected chi connectivity index (χ1v) is 12.1. The zero-order valence-electron chi connectivity index (χ0n) is 18.5. The fourth-order valence-corrected chi connectivity index (χ4v) is 4.40. The monoisotopic (exact) mass is 483 g/mol. The van der Waals surface area contributed by atoms with Crippen LogP contribution in [-0.2, 0) is 10.0 Å². The molecule has 7 nitrogen and oxygen atoms in total. The van der Waals surface area contributed by atoms with Gasteiger partial charge >= 0.3 is 0 Å². The highest BCUT2D eigenvalue weighted by molar-refractivity contribution is 7.92. The van der Waals surface area contributed by atoms with Gasteiger partial charge in [-0.25, -0.2) is 8.42 Å². The lowest BCUT2D eigenvalue weighted by Gasteiger charge is -2.13. The summed E-state index contributed by atoms with van der Waals surface area (Å²) in [4.78, 5) is 12.5. The van der Waals surface area contributed by atoms with E-state index in [-0.39, 0.29) is 15.9 Å². The standard InChI is InChI=1S/C24H25N3O4S2/c1-4-31-20-10-6-18(7-11-20)23(28)26-24(32)25-19-8-12-21(13-9-19)33(29,30)27-22-14-5-16(2)15-17(22)3/h5-15,27H,4H2,1-3H3,(H2,25,26,28,32). The van der Waals surface area contributed by atoms with Crippen LogP contribution in [0.4, 0.5) is 11.4 Å². The number of thiocarbonyl (C=S) groups is 1. The van der Waals surface area contributed by atoms with Gasteiger partial charge in [0.05, 0.1) is 17.2 Å². The van der Waals surface area contributed by atoms with Crippen molar-refractivity contribution in [2.24, 2.45) is 0 Å². The van der Waals surface area contributed by atoms with Crippen LogP contribution in [0.3, 0.4) is 0 Å². The van der Waals surface area contributed by atoms with Gasteiger partial charge in [-0.05, 0) is 93.1 Å². The van der Waals surface area contributed by atoms with E-state index in [1.165, 1.54) is 12.1 Å². The first-order valence-electron chi connectivity index (χ1n) is 10.2. The quantitative estimate of drug-likeness (QED) is 0.424. The normalized spacial score (nSPS) is 10.9. The Morgan fingerprint density at radius 3 is 2.24 bits per heavy atom. The van der Waals surface area contributed by atoms with Gasteiger partial charge in [0.1, 0.15) is 5.75 Å². The van der Waals surface area contributed by atoms with Crippen molar-refractivity contribution in [3.05, 3.63) is 83.4 Å². The van der Waals surface area contributed by atoms with Crippen LogP contribution in [0.15, 0.2) is 71.6 Å². The molecule has 33 heavy (non-hydrogen) atoms. The Bertz CT molecular complexity index is 1260. The van der Waals surface area contributed by atoms with Crippen molar-refractivity contribution in [1.29, 1.82) is 0 Å². The molecule has 3 N–H and O–H groups in total. The van der Waals surface area contributed by atoms with E-state index in [4.69, 9.17) is 17.0 Å². The molecule has 0 unspecified atom stereocenters. The summed E-state index contributed by atoms with van der Waals surface area (Å²) in [5.74, 6) is 0.309. The number of sulfonamides is 1. The van der Waals surface area contributed by atoms with Gasteiger partial charge in [-0.3, -0.25) is 14.8 Å². The molecule has 0 fully saturated rings. The minimum Gasteiger partial charge on any atom is -0.494 e. The number of nitrogens with one attached hydrogen (secondary N) is 3. The molecule has 3 rings (SSSR count). The summed E-state index contributed by atoms with van der Waals surface area (Å²) in [6.07, 6.45) is 0. The molecule has 0 radical (unpaired) electrons. The molecule has 172 valence electrons. The molecule has 0 saturated carbocycles. The third kappa shape index (κ3) is 6.53. The topological polar surface area (TPSA) is 96.5 Å². The zero-order chi connectivity index (χ0) is 24.0. The first-order chi connectivity index (χ1) is 15.7. The van der Waals surface area contributed by atoms with Crippen molar-refractivity contribution in [3.8, 4) is 5.75 Å². The zero-order valence-corrected chi connectivity index (χ0v) is 20.1. The van der Waals surface area contributed by atoms with Crippen LogP contribution in [0.1, 0.15) is 28.4 Å². The van der Waals surface area contributed by atoms with Gasteiger partial charge in [0.2, 0.25) is 0 Å². The Hall–Kier alpha value is -3.43. The highest BCUT2D eigenvalue weighted by Gasteiger charge is 2.15. The smallest absolute Gasteiger partial charge is 0.261 e. The number of amides is 1. The van der Waals surface area contributed by atoms with Crippen LogP contribution in [0.5, 0.6) is 5.75 Å². The molecule has 0 aliphatic carbocycles. The number of hydrogen-bond acceptors (Lipinski definition) is 5. The molecule has 0 spiro atoms. The van der Waals surface area contributed by atoms with Gasteiger partial charge in [-0.2, -0.15) is 0 Å². The van der Waals surface area contributed by atoms with E-state index in [1.54, 1.807) is 42.5 Å². The number of carbonyl (C=O) groups excluding carboxylic acids is 1. The molecule has 1 amide bonds. The van der Waals surface area contributed by atoms with E-state index in [9.17, 15) is 13.2 Å². The second-order valence-corrected chi connectivity index (χ2v) is 9.40. The van der Waals surface area contributed by atoms with E-state index in [1.807, 2.05) is 32.9 Å². The van der Waals surface area contributed by atoms with E-state index in [0.717, 1.165) is 11.1 Å². The lowest BCUT2D eigenvalue weighted by atomic mass is 10.1. The van der Waals surface area contributed by atoms with Crippen LogP contribution < -0.4 is 20.1 Å². The van der Waals surface area contributed by atoms with Crippen LogP contribution in [0.2, 0.25) is 0 Å². The van der Waals surface area contributed by atoms with Gasteiger partial charge in [0, 0.05) is 11.3 Å². The van der Waals surface area contributed by atoms with E-state index < -0.39 is 10.0 Å². The largest absolute Gasteiger partial charge is 0.494 e. The van der Waals surface area contributed by atoms with E-state index in [0.29, 0.717) is 29.3 Å². The van der Waals surface area contributed by atoms with Crippen molar-refractivity contribution < 1.29 is 17.9 Å². The Labute approximate surface area is 199 Å². The van der Waals surface area contributed by atoms with E-state index in [2.05, 4.69) is 15.4 Å². The predicted octanol–water partition coefficient (Wildman–Crippen LogP) is 4.63. The third-order valence-corrected chi connectivity index (χ3v) is 6.29. The number of anilines is 2. The fourth-order valence-electron chi connectivity index (χ4n) is 3.06. The van der Waals surface area contributed by atoms with Crippen LogP contribution in [0.25, 0.3) is 0 Å². The molecule has 0 aromatic heterocycles. The number of benzene rings is 3. The fraction of sp³-hybridized carbons (Fsp3) is 0.167. The van der Waals surface area contributed by atoms with Crippen LogP contribution in [-0.4, -0.2) is 26.0 Å². The molecular weight excluding hydrogens is 458 g/mol. The molecule has 0 saturated heterocycles. The molecule has 0 heterocycles. The molecule has 3 aromatic rings. The molecule has 0 atom stereocenters. The van der Waals surface area contributed by atoms with Crippen LogP contribution >= 0.6 is 12.2 Å². The summed E-state index contributed by atoms with van der Waals surface area (Å²) < 4.78 is 33.4. The lowest BCUT2D eigenvalue weighted by Crippen LogP contribution is -2.34. The Kier molecular flexibility index (Phi) is 7.67. The maximum absolute atomic E-state index is 12.7. The Morgan fingerprint density at radius 1 is 0.970 bits per heavy atom. The van der Waals surface area contributed by atoms with Crippen molar-refractivity contribution in [3.63, 3.8) is 0 Å². The average molecular weight is 484 g/mol. The number of rotatable bonds is 7. The summed E-state index contributed by atoms with van der Waals surface area (Å²) in [7, 11) is -3.75. The SMILES string of the molecule is CCOc1ccc(C(=O)NC(=S)Nc2ccc(S(=O)(=O)Nc3ccc(C)cc3C)cc2)cc1. The lowest BCUT2D eigenvalue weighted by molar-refractivity contribution is 0.0977. The summed E-state index contributed by atoms with van der Waals surface area (Å²) in [5, 5.41) is 5.57. The number of aryl methyl sites for hydroxylation is 2. The number of hydrogen-bond donors (Lipinski definition) is 3. The van der Waals surface area contributed by atoms with Gasteiger partial charge in [0.15, 0.2) is 5.11 Å². The summed E-state index contributed by atoms with van der Waals surface area (Å²) in [6.45, 7) is 6.22. The summed E-state index contributed by atoms with van der Waals surface area (Å²) in [6, 6.07) is 18.3. The molecule has 9 heteroatoms. The van der Waals surface area contributed by atoms with Crippen LogP contribution in [0, 0.1) is 13.8 Å². The Morgan fingerprint density at radius 2 is 1.64 bits per heavy atom. The number of ether oxygens (including phenoxy) is 1. The average Bonchev–Trinajstić information content (AvgIpc) is 2.76. The van der Waals surface area contributed by atoms with Gasteiger partial charge in [-0.1, -0.05) is 17.7 Å².